The summed E-state index contributed by atoms with van der Waals surface area (Å²) in [6.45, 7) is 5.84. The molecule has 0 atom stereocenters. The molecule has 5 N–H and O–H groups in total. The van der Waals surface area contributed by atoms with Crippen molar-refractivity contribution in [3.8, 4) is 11.1 Å². The maximum atomic E-state index is 13.0. The van der Waals surface area contributed by atoms with Gasteiger partial charge in [-0.05, 0) is 38.0 Å². The summed E-state index contributed by atoms with van der Waals surface area (Å²) in [7, 11) is 0. The first-order valence-corrected chi connectivity index (χ1v) is 10.9. The summed E-state index contributed by atoms with van der Waals surface area (Å²) < 4.78 is 0. The normalized spacial score (nSPS) is 11.0. The standard InChI is InChI=1S/C22H20N4O2S2/c1-10-4-6-13(7-5-10)14-9-29-21(16(14)19(24)27)26-20(28)18-17(23)15-11(2)8-12(3)25-22(15)30-18/h4-9H,23H2,1-3H3,(H2,24,27)(H,26,28). The largest absolute Gasteiger partial charge is 0.397 e. The molecule has 3 aromatic heterocycles. The number of carbonyl (C=O) groups is 2. The first kappa shape index (κ1) is 20.1. The van der Waals surface area contributed by atoms with Crippen molar-refractivity contribution in [2.75, 3.05) is 11.1 Å². The number of thiophene rings is 2. The Kier molecular flexibility index (Phi) is 5.05. The summed E-state index contributed by atoms with van der Waals surface area (Å²) in [5.74, 6) is -0.980. The second-order valence-electron chi connectivity index (χ2n) is 7.14. The Balaban J connectivity index is 1.73. The molecule has 4 rings (SSSR count). The van der Waals surface area contributed by atoms with Gasteiger partial charge in [0.05, 0.1) is 11.3 Å². The molecule has 3 heterocycles. The van der Waals surface area contributed by atoms with Gasteiger partial charge in [-0.3, -0.25) is 9.59 Å². The number of pyridine rings is 1. The van der Waals surface area contributed by atoms with Crippen LogP contribution in [0, 0.1) is 20.8 Å². The lowest BCUT2D eigenvalue weighted by atomic mass is 10.0. The Labute approximate surface area is 181 Å². The van der Waals surface area contributed by atoms with E-state index in [4.69, 9.17) is 11.5 Å². The van der Waals surface area contributed by atoms with Gasteiger partial charge < -0.3 is 16.8 Å². The van der Waals surface area contributed by atoms with E-state index in [9.17, 15) is 9.59 Å². The van der Waals surface area contributed by atoms with Crippen LogP contribution in [0.15, 0.2) is 35.7 Å². The fourth-order valence-electron chi connectivity index (χ4n) is 3.44. The van der Waals surface area contributed by atoms with Crippen LogP contribution in [0.5, 0.6) is 0 Å². The van der Waals surface area contributed by atoms with Gasteiger partial charge in [-0.25, -0.2) is 4.98 Å². The molecule has 0 radical (unpaired) electrons. The van der Waals surface area contributed by atoms with Gasteiger partial charge in [-0.15, -0.1) is 22.7 Å². The van der Waals surface area contributed by atoms with Crippen LogP contribution in [0.3, 0.4) is 0 Å². The van der Waals surface area contributed by atoms with Crippen molar-refractivity contribution in [1.29, 1.82) is 0 Å². The third kappa shape index (κ3) is 3.44. The highest BCUT2D eigenvalue weighted by atomic mass is 32.1. The number of nitrogens with one attached hydrogen (secondary N) is 1. The molecule has 152 valence electrons. The lowest BCUT2D eigenvalue weighted by molar-refractivity contribution is 0.100. The third-order valence-corrected chi connectivity index (χ3v) is 6.85. The zero-order chi connectivity index (χ0) is 21.6. The average molecular weight is 437 g/mol. The minimum Gasteiger partial charge on any atom is -0.397 e. The molecule has 0 bridgehead atoms. The summed E-state index contributed by atoms with van der Waals surface area (Å²) >= 11 is 2.50. The SMILES string of the molecule is Cc1ccc(-c2csc(NC(=O)c3sc4nc(C)cc(C)c4c3N)c2C(N)=O)cc1. The molecule has 0 saturated carbocycles. The molecule has 0 aliphatic rings. The molecule has 30 heavy (non-hydrogen) atoms. The number of nitrogens with two attached hydrogens (primary N) is 2. The summed E-state index contributed by atoms with van der Waals surface area (Å²) in [6, 6.07) is 9.72. The van der Waals surface area contributed by atoms with Crippen LogP contribution >= 0.6 is 22.7 Å². The molecule has 6 nitrogen and oxygen atoms in total. The molecular weight excluding hydrogens is 416 g/mol. The van der Waals surface area contributed by atoms with E-state index in [0.717, 1.165) is 32.6 Å². The molecule has 2 amide bonds. The minimum atomic E-state index is -0.598. The number of anilines is 2. The molecule has 0 unspecified atom stereocenters. The lowest BCUT2D eigenvalue weighted by Crippen LogP contribution is -2.17. The van der Waals surface area contributed by atoms with E-state index in [1.165, 1.54) is 22.7 Å². The van der Waals surface area contributed by atoms with Crippen LogP contribution in [0.1, 0.15) is 36.9 Å². The summed E-state index contributed by atoms with van der Waals surface area (Å²) in [5, 5.41) is 5.84. The summed E-state index contributed by atoms with van der Waals surface area (Å²) in [6.07, 6.45) is 0. The van der Waals surface area contributed by atoms with Crippen molar-refractivity contribution in [2.45, 2.75) is 20.8 Å². The minimum absolute atomic E-state index is 0.294. The van der Waals surface area contributed by atoms with Gasteiger partial charge in [0.15, 0.2) is 0 Å². The van der Waals surface area contributed by atoms with Crippen molar-refractivity contribution < 1.29 is 9.59 Å². The van der Waals surface area contributed by atoms with E-state index in [0.29, 0.717) is 26.7 Å². The third-order valence-electron chi connectivity index (χ3n) is 4.86. The molecule has 0 saturated heterocycles. The van der Waals surface area contributed by atoms with Crippen LogP contribution in [0.25, 0.3) is 21.3 Å². The van der Waals surface area contributed by atoms with Crippen molar-refractivity contribution in [3.63, 3.8) is 0 Å². The first-order valence-electron chi connectivity index (χ1n) is 9.22. The number of aryl methyl sites for hydroxylation is 3. The topological polar surface area (TPSA) is 111 Å². The monoisotopic (exact) mass is 436 g/mol. The summed E-state index contributed by atoms with van der Waals surface area (Å²) in [4.78, 5) is 30.8. The van der Waals surface area contributed by atoms with Gasteiger partial charge in [0.1, 0.15) is 14.7 Å². The van der Waals surface area contributed by atoms with E-state index < -0.39 is 5.91 Å². The van der Waals surface area contributed by atoms with Crippen LogP contribution in [0.4, 0.5) is 10.7 Å². The predicted octanol–water partition coefficient (Wildman–Crippen LogP) is 4.88. The number of nitrogens with zero attached hydrogens (tertiary/aromatic N) is 1. The lowest BCUT2D eigenvalue weighted by Gasteiger charge is -2.07. The quantitative estimate of drug-likeness (QED) is 0.423. The Morgan fingerprint density at radius 1 is 1.10 bits per heavy atom. The van der Waals surface area contributed by atoms with Gasteiger partial charge in [0, 0.05) is 22.0 Å². The van der Waals surface area contributed by atoms with E-state index in [1.807, 2.05) is 56.5 Å². The van der Waals surface area contributed by atoms with Crippen LogP contribution in [0.2, 0.25) is 0 Å². The zero-order valence-electron chi connectivity index (χ0n) is 16.7. The zero-order valence-corrected chi connectivity index (χ0v) is 18.3. The number of nitrogen functional groups attached to an aromatic ring is 1. The summed E-state index contributed by atoms with van der Waals surface area (Å²) in [5.41, 5.74) is 17.1. The predicted molar refractivity (Wildman–Crippen MR) is 124 cm³/mol. The molecular formula is C22H20N4O2S2. The highest BCUT2D eigenvalue weighted by Crippen LogP contribution is 2.38. The van der Waals surface area contributed by atoms with Crippen molar-refractivity contribution >= 4 is 55.4 Å². The number of hydrogen-bond donors (Lipinski definition) is 3. The van der Waals surface area contributed by atoms with E-state index in [2.05, 4.69) is 10.3 Å². The van der Waals surface area contributed by atoms with Crippen molar-refractivity contribution in [2.24, 2.45) is 5.73 Å². The number of hydrogen-bond acceptors (Lipinski definition) is 6. The number of rotatable bonds is 4. The van der Waals surface area contributed by atoms with Gasteiger partial charge in [0.2, 0.25) is 0 Å². The fraction of sp³-hybridized carbons (Fsp3) is 0.136. The van der Waals surface area contributed by atoms with E-state index >= 15 is 0 Å². The molecule has 0 aliphatic carbocycles. The smallest absolute Gasteiger partial charge is 0.268 e. The number of carbonyl (C=O) groups excluding carboxylic acids is 2. The Bertz CT molecular complexity index is 1300. The van der Waals surface area contributed by atoms with Gasteiger partial charge in [-0.1, -0.05) is 29.8 Å². The fourth-order valence-corrected chi connectivity index (χ4v) is 5.52. The molecule has 4 aromatic rings. The average Bonchev–Trinajstić information content (AvgIpc) is 3.23. The van der Waals surface area contributed by atoms with Gasteiger partial charge >= 0.3 is 0 Å². The number of aromatic nitrogens is 1. The Morgan fingerprint density at radius 2 is 1.80 bits per heavy atom. The maximum absolute atomic E-state index is 13.0. The molecule has 8 heteroatoms. The number of benzene rings is 1. The van der Waals surface area contributed by atoms with Crippen LogP contribution in [-0.2, 0) is 0 Å². The first-order chi connectivity index (χ1) is 14.3. The van der Waals surface area contributed by atoms with Crippen LogP contribution < -0.4 is 16.8 Å². The van der Waals surface area contributed by atoms with Gasteiger partial charge in [0.25, 0.3) is 11.8 Å². The molecule has 0 aliphatic heterocycles. The van der Waals surface area contributed by atoms with Crippen LogP contribution in [-0.4, -0.2) is 16.8 Å². The second kappa shape index (κ2) is 7.55. The molecule has 0 spiro atoms. The number of fused-ring (bicyclic) bond motifs is 1. The van der Waals surface area contributed by atoms with Crippen molar-refractivity contribution in [3.05, 3.63) is 63.0 Å². The maximum Gasteiger partial charge on any atom is 0.268 e. The number of primary amides is 1. The number of amides is 2. The second-order valence-corrected chi connectivity index (χ2v) is 9.02. The van der Waals surface area contributed by atoms with Gasteiger partial charge in [-0.2, -0.15) is 0 Å². The van der Waals surface area contributed by atoms with Crippen molar-refractivity contribution in [1.82, 2.24) is 4.98 Å². The van der Waals surface area contributed by atoms with E-state index in [1.54, 1.807) is 0 Å². The Morgan fingerprint density at radius 3 is 2.47 bits per heavy atom. The molecule has 0 fully saturated rings. The Hall–Kier alpha value is -3.23. The van der Waals surface area contributed by atoms with E-state index in [-0.39, 0.29) is 5.91 Å². The highest BCUT2D eigenvalue weighted by Gasteiger charge is 2.23. The highest BCUT2D eigenvalue weighted by molar-refractivity contribution is 7.21. The molecule has 1 aromatic carbocycles.